The lowest BCUT2D eigenvalue weighted by Gasteiger charge is -2.49. The number of hydrogen-bond acceptors (Lipinski definition) is 22. The van der Waals surface area contributed by atoms with Crippen LogP contribution in [-0.2, 0) is 37.9 Å². The molecule has 0 saturated carbocycles. The Labute approximate surface area is 285 Å². The van der Waals surface area contributed by atoms with E-state index in [0.717, 1.165) is 0 Å². The van der Waals surface area contributed by atoms with Gasteiger partial charge in [0, 0.05) is 6.61 Å². The molecule has 4 heterocycles. The molecule has 4 saturated heterocycles. The number of aliphatic hydroxyl groups excluding tert-OH is 13. The molecule has 4 rings (SSSR count). The van der Waals surface area contributed by atoms with E-state index in [-0.39, 0.29) is 6.61 Å². The lowest BCUT2D eigenvalue weighted by atomic mass is 9.95. The molecule has 0 spiro atoms. The molecule has 0 aromatic carbocycles. The molecule has 0 bridgehead atoms. The average Bonchev–Trinajstić information content (AvgIpc) is 3.11. The van der Waals surface area contributed by atoms with Crippen LogP contribution in [0.15, 0.2) is 0 Å². The molecule has 50 heavy (non-hydrogen) atoms. The summed E-state index contributed by atoms with van der Waals surface area (Å²) in [5.74, 6) is 0. The zero-order valence-corrected chi connectivity index (χ0v) is 26.9. The molecule has 20 atom stereocenters. The van der Waals surface area contributed by atoms with Gasteiger partial charge in [-0.05, 0) is 19.4 Å². The van der Waals surface area contributed by atoms with Crippen LogP contribution in [0.4, 0.5) is 0 Å². The maximum Gasteiger partial charge on any atom is 0.187 e. The number of nitrogens with two attached hydrogens (primary N) is 1. The van der Waals surface area contributed by atoms with Crippen LogP contribution in [0, 0.1) is 0 Å². The van der Waals surface area contributed by atoms with Gasteiger partial charge in [0.15, 0.2) is 25.2 Å². The minimum atomic E-state index is -2.02. The first kappa shape index (κ1) is 41.9. The van der Waals surface area contributed by atoms with Gasteiger partial charge in [0.2, 0.25) is 0 Å². The number of hydrogen-bond donors (Lipinski definition) is 14. The van der Waals surface area contributed by atoms with Crippen molar-refractivity contribution in [1.82, 2.24) is 0 Å². The van der Waals surface area contributed by atoms with E-state index in [0.29, 0.717) is 19.4 Å². The van der Waals surface area contributed by atoms with Crippen molar-refractivity contribution in [1.29, 1.82) is 0 Å². The highest BCUT2D eigenvalue weighted by atomic mass is 16.8. The predicted octanol–water partition coefficient (Wildman–Crippen LogP) is -8.99. The van der Waals surface area contributed by atoms with Crippen molar-refractivity contribution in [2.75, 3.05) is 39.6 Å². The molecule has 4 aliphatic heterocycles. The maximum atomic E-state index is 11.0. The Balaban J connectivity index is 1.40. The van der Waals surface area contributed by atoms with Gasteiger partial charge in [-0.25, -0.2) is 0 Å². The normalized spacial score (nSPS) is 48.8. The largest absolute Gasteiger partial charge is 0.394 e. The zero-order chi connectivity index (χ0) is 36.9. The van der Waals surface area contributed by atoms with Crippen molar-refractivity contribution in [3.05, 3.63) is 0 Å². The Bertz CT molecular complexity index is 997. The van der Waals surface area contributed by atoms with Crippen LogP contribution in [0.3, 0.4) is 0 Å². The third-order valence-corrected chi connectivity index (χ3v) is 9.06. The molecule has 0 radical (unpaired) electrons. The van der Waals surface area contributed by atoms with E-state index in [1.54, 1.807) is 0 Å². The SMILES string of the molecule is NCCCCO[C@H]1OC(CO)[C@@H](O[C@@H]2OC(CO)[C@@H](O[C@@H]3OC(CO)[C@@H](O[C@H]4OC(CO)[C@H](O)[C@H](O)C4O)C(O)[C@@H]3O)C(O)[C@@H]2O)[C@H](O)C1O. The van der Waals surface area contributed by atoms with Gasteiger partial charge >= 0.3 is 0 Å². The van der Waals surface area contributed by atoms with Crippen LogP contribution in [0.25, 0.3) is 0 Å². The summed E-state index contributed by atoms with van der Waals surface area (Å²) in [4.78, 5) is 0. The smallest absolute Gasteiger partial charge is 0.187 e. The highest BCUT2D eigenvalue weighted by Crippen LogP contribution is 2.34. The maximum absolute atomic E-state index is 11.0. The summed E-state index contributed by atoms with van der Waals surface area (Å²) in [5.41, 5.74) is 5.45. The number of unbranched alkanes of at least 4 members (excludes halogenated alkanes) is 1. The molecule has 0 aromatic rings. The second-order valence-electron chi connectivity index (χ2n) is 12.5. The Morgan fingerprint density at radius 1 is 0.400 bits per heavy atom. The van der Waals surface area contributed by atoms with Crippen molar-refractivity contribution in [2.24, 2.45) is 5.73 Å². The summed E-state index contributed by atoms with van der Waals surface area (Å²) in [6.07, 6.45) is -33.0. The molecule has 294 valence electrons. The van der Waals surface area contributed by atoms with Crippen LogP contribution >= 0.6 is 0 Å². The standard InChI is InChI=1S/C28H51NO21/c29-3-1-2-4-43-25-19(40)15(36)22(10(6-31)45-25)49-27-21(42)17(38)24(12(8-33)47-27)50-28-20(41)16(37)23(11(7-32)46-28)48-26-18(39)14(35)13(34)9(5-30)44-26/h9-28,30-42H,1-8,29H2/t9?,10?,11?,12?,13-,14-,15+,16?,17?,18?,19?,20-,21-,22+,23+,24+,25-,26+,27-,28-/m0/s1. The fourth-order valence-electron chi connectivity index (χ4n) is 6.11. The van der Waals surface area contributed by atoms with Gasteiger partial charge in [0.05, 0.1) is 26.4 Å². The highest BCUT2D eigenvalue weighted by molar-refractivity contribution is 4.97. The van der Waals surface area contributed by atoms with Crippen molar-refractivity contribution in [3.63, 3.8) is 0 Å². The van der Waals surface area contributed by atoms with Crippen LogP contribution in [-0.4, -0.2) is 229 Å². The first-order valence-electron chi connectivity index (χ1n) is 16.3. The first-order chi connectivity index (χ1) is 23.8. The van der Waals surface area contributed by atoms with Gasteiger partial charge in [0.25, 0.3) is 0 Å². The molecule has 15 N–H and O–H groups in total. The first-order valence-corrected chi connectivity index (χ1v) is 16.3. The van der Waals surface area contributed by atoms with Crippen molar-refractivity contribution >= 4 is 0 Å². The van der Waals surface area contributed by atoms with E-state index < -0.39 is 149 Å². The summed E-state index contributed by atoms with van der Waals surface area (Å²) >= 11 is 0. The monoisotopic (exact) mass is 737 g/mol. The van der Waals surface area contributed by atoms with Crippen LogP contribution in [0.1, 0.15) is 12.8 Å². The van der Waals surface area contributed by atoms with Crippen molar-refractivity contribution in [3.8, 4) is 0 Å². The molecular formula is C28H51NO21. The third-order valence-electron chi connectivity index (χ3n) is 9.06. The highest BCUT2D eigenvalue weighted by Gasteiger charge is 2.55. The zero-order valence-electron chi connectivity index (χ0n) is 26.9. The summed E-state index contributed by atoms with van der Waals surface area (Å²) in [6, 6.07) is 0. The summed E-state index contributed by atoms with van der Waals surface area (Å²) < 4.78 is 44.2. The molecule has 8 unspecified atom stereocenters. The van der Waals surface area contributed by atoms with E-state index >= 15 is 0 Å². The second-order valence-corrected chi connectivity index (χ2v) is 12.5. The minimum absolute atomic E-state index is 0.132. The average molecular weight is 738 g/mol. The predicted molar refractivity (Wildman–Crippen MR) is 156 cm³/mol. The minimum Gasteiger partial charge on any atom is -0.394 e. The van der Waals surface area contributed by atoms with Gasteiger partial charge in [0.1, 0.15) is 97.7 Å². The third kappa shape index (κ3) is 9.07. The van der Waals surface area contributed by atoms with E-state index in [1.807, 2.05) is 0 Å². The fraction of sp³-hybridized carbons (Fsp3) is 1.00. The van der Waals surface area contributed by atoms with E-state index in [9.17, 15) is 66.4 Å². The molecule has 0 aromatic heterocycles. The second kappa shape index (κ2) is 18.9. The van der Waals surface area contributed by atoms with Gasteiger partial charge in [-0.1, -0.05) is 0 Å². The number of rotatable bonds is 15. The molecular weight excluding hydrogens is 686 g/mol. The topological polar surface area (TPSA) is 363 Å². The van der Waals surface area contributed by atoms with Crippen LogP contribution in [0.5, 0.6) is 0 Å². The van der Waals surface area contributed by atoms with Gasteiger partial charge in [-0.3, -0.25) is 0 Å². The van der Waals surface area contributed by atoms with E-state index in [2.05, 4.69) is 0 Å². The summed E-state index contributed by atoms with van der Waals surface area (Å²) in [7, 11) is 0. The lowest BCUT2D eigenvalue weighted by molar-refractivity contribution is -0.388. The van der Waals surface area contributed by atoms with Crippen molar-refractivity contribution in [2.45, 2.75) is 136 Å². The fourth-order valence-corrected chi connectivity index (χ4v) is 6.11. The van der Waals surface area contributed by atoms with Crippen molar-refractivity contribution < 1.29 is 104 Å². The molecule has 4 aliphatic rings. The Hall–Kier alpha value is -0.880. The van der Waals surface area contributed by atoms with Crippen LogP contribution < -0.4 is 5.73 Å². The molecule has 22 nitrogen and oxygen atoms in total. The molecule has 22 heteroatoms. The van der Waals surface area contributed by atoms with E-state index in [4.69, 9.17) is 43.6 Å². The van der Waals surface area contributed by atoms with Gasteiger partial charge in [-0.15, -0.1) is 0 Å². The van der Waals surface area contributed by atoms with Gasteiger partial charge < -0.3 is 110 Å². The number of ether oxygens (including phenoxy) is 8. The lowest BCUT2D eigenvalue weighted by Crippen LogP contribution is -2.67. The quantitative estimate of drug-likeness (QED) is 0.0694. The summed E-state index contributed by atoms with van der Waals surface area (Å²) in [5, 5.41) is 135. The Morgan fingerprint density at radius 3 is 1.12 bits per heavy atom. The van der Waals surface area contributed by atoms with Gasteiger partial charge in [-0.2, -0.15) is 0 Å². The Morgan fingerprint density at radius 2 is 0.740 bits per heavy atom. The van der Waals surface area contributed by atoms with E-state index in [1.165, 1.54) is 0 Å². The number of aliphatic hydroxyl groups is 13. The summed E-state index contributed by atoms with van der Waals surface area (Å²) in [6.45, 7) is -2.75. The molecule has 0 amide bonds. The molecule has 0 aliphatic carbocycles. The Kier molecular flexibility index (Phi) is 15.9. The van der Waals surface area contributed by atoms with Crippen LogP contribution in [0.2, 0.25) is 0 Å². The molecule has 4 fully saturated rings.